The second-order valence-electron chi connectivity index (χ2n) is 8.90. The fraction of sp³-hybridized carbons (Fsp3) is 0.917. The minimum absolute atomic E-state index is 0. The zero-order valence-corrected chi connectivity index (χ0v) is 39.8. The number of phosphoric acid groups is 2. The second kappa shape index (κ2) is 41.1. The average Bonchev–Trinajstić information content (AvgIpc) is 2.74. The minimum Gasteiger partial charge on any atom is -0.822 e. The molecule has 0 aromatic carbocycles. The molecular weight excluding hydrogens is 938 g/mol. The summed E-state index contributed by atoms with van der Waals surface area (Å²) in [5.74, 6) is -0.669. The quantitative estimate of drug-likeness (QED) is 0.0554. The van der Waals surface area contributed by atoms with E-state index < -0.39 is 15.6 Å². The van der Waals surface area contributed by atoms with E-state index in [2.05, 4.69) is 13.8 Å². The minimum atomic E-state index is -5.39. The number of unbranched alkanes of at least 4 members (excludes halogenated alkanes) is 16. The molecule has 0 aromatic heterocycles. The number of carbonyl (C=O) groups excluding carboxylic acids is 2. The molecule has 0 aromatic rings. The Hall–Kier alpha value is 4.07. The van der Waals surface area contributed by atoms with Crippen LogP contribution in [0.2, 0.25) is 0 Å². The Bertz CT molecular complexity index is 565. The molecule has 0 heterocycles. The van der Waals surface area contributed by atoms with E-state index in [1.807, 2.05) is 0 Å². The SMILES string of the molecule is CCCCCCCCCCCC(=O)OC(=O)CCCCCCCCCCC.O=P([O-])([O-])[O-].O=P([O-])([O-])[O-].[Ba+2].[Ba+2].[Ba+2]. The van der Waals surface area contributed by atoms with Gasteiger partial charge in [0.2, 0.25) is 0 Å². The zero-order chi connectivity index (χ0) is 29.0. The van der Waals surface area contributed by atoms with Crippen molar-refractivity contribution in [3.8, 4) is 0 Å². The van der Waals surface area contributed by atoms with Gasteiger partial charge in [0, 0.05) is 12.8 Å². The molecule has 0 atom stereocenters. The van der Waals surface area contributed by atoms with Crippen LogP contribution >= 0.6 is 15.6 Å². The van der Waals surface area contributed by atoms with Gasteiger partial charge in [-0.1, -0.05) is 117 Å². The van der Waals surface area contributed by atoms with E-state index in [0.717, 1.165) is 25.7 Å². The topological polar surface area (TPSA) is 216 Å². The number of hydrogen-bond acceptors (Lipinski definition) is 11. The first-order chi connectivity index (χ1) is 17.2. The molecular formula is C24H46Ba3O11P2. The summed E-state index contributed by atoms with van der Waals surface area (Å²) in [6.45, 7) is 4.47. The fourth-order valence-electron chi connectivity index (χ4n) is 3.39. The van der Waals surface area contributed by atoms with Gasteiger partial charge in [0.1, 0.15) is 0 Å². The molecule has 0 rings (SSSR count). The van der Waals surface area contributed by atoms with Gasteiger partial charge < -0.3 is 43.2 Å². The Kier molecular flexibility index (Phi) is 58.0. The Morgan fingerprint density at radius 3 is 0.825 bits per heavy atom. The molecule has 224 valence electrons. The van der Waals surface area contributed by atoms with Crippen molar-refractivity contribution in [2.75, 3.05) is 0 Å². The summed E-state index contributed by atoms with van der Waals surface area (Å²) in [6, 6.07) is 0. The van der Waals surface area contributed by atoms with E-state index in [1.165, 1.54) is 89.9 Å². The molecule has 0 fully saturated rings. The first kappa shape index (κ1) is 56.4. The van der Waals surface area contributed by atoms with Crippen LogP contribution in [-0.2, 0) is 23.5 Å². The number of hydrogen-bond donors (Lipinski definition) is 0. The second-order valence-corrected chi connectivity index (χ2v) is 10.7. The molecule has 0 saturated heterocycles. The largest absolute Gasteiger partial charge is 2.00 e. The van der Waals surface area contributed by atoms with Crippen LogP contribution in [0.25, 0.3) is 0 Å². The predicted octanol–water partition coefficient (Wildman–Crippen LogP) is 1.11. The van der Waals surface area contributed by atoms with Crippen molar-refractivity contribution in [1.29, 1.82) is 0 Å². The summed E-state index contributed by atoms with van der Waals surface area (Å²) < 4.78 is 22.0. The van der Waals surface area contributed by atoms with E-state index in [9.17, 15) is 9.59 Å². The van der Waals surface area contributed by atoms with Gasteiger partial charge in [-0.15, -0.1) is 0 Å². The van der Waals surface area contributed by atoms with Crippen molar-refractivity contribution in [1.82, 2.24) is 0 Å². The summed E-state index contributed by atoms with van der Waals surface area (Å²) in [6.07, 6.45) is 22.8. The molecule has 0 saturated carbocycles. The van der Waals surface area contributed by atoms with Crippen molar-refractivity contribution in [3.05, 3.63) is 0 Å². The van der Waals surface area contributed by atoms with E-state index in [4.69, 9.17) is 43.2 Å². The van der Waals surface area contributed by atoms with E-state index >= 15 is 0 Å². The molecule has 0 radical (unpaired) electrons. The van der Waals surface area contributed by atoms with Crippen LogP contribution in [0.1, 0.15) is 142 Å². The van der Waals surface area contributed by atoms with Gasteiger partial charge in [-0.05, 0) is 12.8 Å². The van der Waals surface area contributed by atoms with Gasteiger partial charge in [0.25, 0.3) is 0 Å². The van der Waals surface area contributed by atoms with Gasteiger partial charge in [-0.2, -0.15) is 15.6 Å². The maximum absolute atomic E-state index is 11.7. The first-order valence-corrected chi connectivity index (χ1v) is 16.3. The van der Waals surface area contributed by atoms with E-state index in [1.54, 1.807) is 0 Å². The van der Waals surface area contributed by atoms with Gasteiger partial charge >= 0.3 is 159 Å². The number of esters is 2. The molecule has 0 aliphatic rings. The van der Waals surface area contributed by atoms with Crippen molar-refractivity contribution >= 4 is 174 Å². The fourth-order valence-corrected chi connectivity index (χ4v) is 3.39. The third-order valence-corrected chi connectivity index (χ3v) is 5.20. The molecule has 0 bridgehead atoms. The number of carbonyl (C=O) groups is 2. The third kappa shape index (κ3) is 78.5. The smallest absolute Gasteiger partial charge is 0.822 e. The summed E-state index contributed by atoms with van der Waals surface area (Å²) in [4.78, 5) is 74.6. The van der Waals surface area contributed by atoms with E-state index in [0.29, 0.717) is 12.8 Å². The summed E-state index contributed by atoms with van der Waals surface area (Å²) in [5.41, 5.74) is 0. The van der Waals surface area contributed by atoms with Crippen LogP contribution in [0.3, 0.4) is 0 Å². The predicted molar refractivity (Wildman–Crippen MR) is 147 cm³/mol. The molecule has 0 aliphatic heterocycles. The van der Waals surface area contributed by atoms with Crippen molar-refractivity contribution in [3.63, 3.8) is 0 Å². The van der Waals surface area contributed by atoms with Gasteiger partial charge in [0.15, 0.2) is 0 Å². The zero-order valence-electron chi connectivity index (χ0n) is 24.6. The normalized spacial score (nSPS) is 10.3. The molecule has 0 amide bonds. The van der Waals surface area contributed by atoms with Gasteiger partial charge in [-0.25, -0.2) is 0 Å². The summed E-state index contributed by atoms with van der Waals surface area (Å²) >= 11 is 0. The van der Waals surface area contributed by atoms with Crippen LogP contribution in [0.4, 0.5) is 0 Å². The Morgan fingerprint density at radius 2 is 0.625 bits per heavy atom. The molecule has 0 N–H and O–H groups in total. The maximum Gasteiger partial charge on any atom is 2.00 e. The molecule has 40 heavy (non-hydrogen) atoms. The number of rotatable bonds is 20. The van der Waals surface area contributed by atoms with Crippen LogP contribution in [-0.4, -0.2) is 159 Å². The molecule has 0 spiro atoms. The number of ether oxygens (including phenoxy) is 1. The van der Waals surface area contributed by atoms with Crippen molar-refractivity contribution in [2.24, 2.45) is 0 Å². The average molecular weight is 985 g/mol. The monoisotopic (exact) mass is 986 g/mol. The first-order valence-electron chi connectivity index (χ1n) is 13.4. The van der Waals surface area contributed by atoms with Gasteiger partial charge in [-0.3, -0.25) is 9.59 Å². The van der Waals surface area contributed by atoms with Crippen molar-refractivity contribution in [2.45, 2.75) is 142 Å². The van der Waals surface area contributed by atoms with E-state index in [-0.39, 0.29) is 159 Å². The molecule has 0 unspecified atom stereocenters. The molecule has 16 heteroatoms. The third-order valence-electron chi connectivity index (χ3n) is 5.20. The van der Waals surface area contributed by atoms with Crippen LogP contribution < -0.4 is 29.4 Å². The van der Waals surface area contributed by atoms with Gasteiger partial charge in [0.05, 0.1) is 0 Å². The Balaban J connectivity index is -0.000000189. The maximum atomic E-state index is 11.7. The standard InChI is InChI=1S/C24H46O3.3Ba.2H3O4P/c1-3-5-7-9-11-13-15-17-19-21-23(25)27-24(26)22-20-18-16-14-12-10-8-6-4-2;;;;2*1-5(2,3)4/h3-22H2,1-2H3;;;;2*(H3,1,2,3,4)/q;3*+2;;/p-6. The molecule has 0 aliphatic carbocycles. The van der Waals surface area contributed by atoms with Crippen molar-refractivity contribution < 1.29 is 52.8 Å². The summed E-state index contributed by atoms with van der Waals surface area (Å²) in [5, 5.41) is 0. The summed E-state index contributed by atoms with van der Waals surface area (Å²) in [7, 11) is -10.8. The Morgan fingerprint density at radius 1 is 0.450 bits per heavy atom. The van der Waals surface area contributed by atoms with Crippen LogP contribution in [0.15, 0.2) is 0 Å². The van der Waals surface area contributed by atoms with Crippen LogP contribution in [0.5, 0.6) is 0 Å². The molecule has 11 nitrogen and oxygen atoms in total. The van der Waals surface area contributed by atoms with Crippen LogP contribution in [0, 0.1) is 0 Å². The Labute approximate surface area is 362 Å².